The van der Waals surface area contributed by atoms with Crippen LogP contribution in [0.5, 0.6) is 0 Å². The van der Waals surface area contributed by atoms with Crippen LogP contribution in [0.25, 0.3) is 0 Å². The van der Waals surface area contributed by atoms with Crippen LogP contribution < -0.4 is 11.1 Å². The number of nitrogens with one attached hydrogen (secondary N) is 1. The zero-order chi connectivity index (χ0) is 14.0. The molecule has 2 aromatic rings. The summed E-state index contributed by atoms with van der Waals surface area (Å²) in [6.07, 6.45) is 0. The fraction of sp³-hybridized carbons (Fsp3) is 0. The monoisotopic (exact) mass is 418 g/mol. The summed E-state index contributed by atoms with van der Waals surface area (Å²) in [7, 11) is 0. The van der Waals surface area contributed by atoms with Crippen molar-refractivity contribution in [3.8, 4) is 0 Å². The molecule has 3 N–H and O–H groups in total. The standard InChI is InChI=1S/C13H9Br2ClN2S/c14-8-2-3-9(15)12(6-8)18-11-4-1-7(13(17)19)5-10(11)16/h1-6,18H,(H2,17,19). The highest BCUT2D eigenvalue weighted by atomic mass is 79.9. The summed E-state index contributed by atoms with van der Waals surface area (Å²) in [6, 6.07) is 11.3. The first-order chi connectivity index (χ1) is 8.97. The number of hydrogen-bond donors (Lipinski definition) is 2. The molecule has 0 spiro atoms. The highest BCUT2D eigenvalue weighted by Gasteiger charge is 2.06. The smallest absolute Gasteiger partial charge is 0.104 e. The highest BCUT2D eigenvalue weighted by molar-refractivity contribution is 9.11. The third kappa shape index (κ3) is 3.69. The highest BCUT2D eigenvalue weighted by Crippen LogP contribution is 2.32. The normalized spacial score (nSPS) is 10.3. The van der Waals surface area contributed by atoms with Crippen molar-refractivity contribution >= 4 is 72.0 Å². The second-order valence-electron chi connectivity index (χ2n) is 3.81. The Morgan fingerprint density at radius 3 is 2.47 bits per heavy atom. The van der Waals surface area contributed by atoms with E-state index in [0.717, 1.165) is 25.9 Å². The van der Waals surface area contributed by atoms with Gasteiger partial charge in [0.15, 0.2) is 0 Å². The lowest BCUT2D eigenvalue weighted by Crippen LogP contribution is -2.09. The minimum atomic E-state index is 0.331. The SMILES string of the molecule is NC(=S)c1ccc(Nc2cc(Br)ccc2Br)c(Cl)c1. The summed E-state index contributed by atoms with van der Waals surface area (Å²) in [6.45, 7) is 0. The third-order valence-electron chi connectivity index (χ3n) is 2.45. The number of benzene rings is 2. The largest absolute Gasteiger partial charge is 0.389 e. The van der Waals surface area contributed by atoms with Gasteiger partial charge in [0, 0.05) is 14.5 Å². The molecule has 0 aliphatic heterocycles. The molecular formula is C13H9Br2ClN2S. The van der Waals surface area contributed by atoms with Crippen molar-refractivity contribution in [1.29, 1.82) is 0 Å². The van der Waals surface area contributed by atoms with Crippen molar-refractivity contribution in [2.45, 2.75) is 0 Å². The van der Waals surface area contributed by atoms with E-state index in [2.05, 4.69) is 37.2 Å². The summed E-state index contributed by atoms with van der Waals surface area (Å²) in [4.78, 5) is 0.331. The van der Waals surface area contributed by atoms with E-state index >= 15 is 0 Å². The zero-order valence-corrected chi connectivity index (χ0v) is 14.3. The molecular weight excluding hydrogens is 411 g/mol. The second kappa shape index (κ2) is 6.22. The molecule has 0 aliphatic carbocycles. The quantitative estimate of drug-likeness (QED) is 0.667. The number of anilines is 2. The topological polar surface area (TPSA) is 38.0 Å². The molecule has 0 atom stereocenters. The number of hydrogen-bond acceptors (Lipinski definition) is 2. The van der Waals surface area contributed by atoms with Crippen molar-refractivity contribution in [1.82, 2.24) is 0 Å². The van der Waals surface area contributed by atoms with Crippen LogP contribution in [-0.2, 0) is 0 Å². The average molecular weight is 421 g/mol. The number of nitrogens with two attached hydrogens (primary N) is 1. The Morgan fingerprint density at radius 1 is 1.11 bits per heavy atom. The summed E-state index contributed by atoms with van der Waals surface area (Å²) in [5.41, 5.74) is 8.03. The van der Waals surface area contributed by atoms with Crippen molar-refractivity contribution < 1.29 is 0 Å². The molecule has 98 valence electrons. The minimum Gasteiger partial charge on any atom is -0.389 e. The molecule has 0 aliphatic rings. The molecule has 2 aromatic carbocycles. The Hall–Kier alpha value is -0.620. The van der Waals surface area contributed by atoms with Crippen LogP contribution in [0.4, 0.5) is 11.4 Å². The van der Waals surface area contributed by atoms with E-state index in [0.29, 0.717) is 10.0 Å². The predicted molar refractivity (Wildman–Crippen MR) is 92.5 cm³/mol. The molecule has 0 fully saturated rings. The third-order valence-corrected chi connectivity index (χ3v) is 4.18. The zero-order valence-electron chi connectivity index (χ0n) is 9.58. The Balaban J connectivity index is 2.33. The lowest BCUT2D eigenvalue weighted by molar-refractivity contribution is 1.50. The van der Waals surface area contributed by atoms with Crippen LogP contribution in [-0.4, -0.2) is 4.99 Å². The fourth-order valence-corrected chi connectivity index (χ4v) is 2.57. The number of halogens is 3. The lowest BCUT2D eigenvalue weighted by Gasteiger charge is -2.11. The molecule has 19 heavy (non-hydrogen) atoms. The molecule has 6 heteroatoms. The molecule has 0 saturated heterocycles. The first-order valence-corrected chi connectivity index (χ1v) is 7.66. The van der Waals surface area contributed by atoms with Gasteiger partial charge in [-0.25, -0.2) is 0 Å². The van der Waals surface area contributed by atoms with Crippen LogP contribution in [0.3, 0.4) is 0 Å². The summed E-state index contributed by atoms with van der Waals surface area (Å²) in [5.74, 6) is 0. The van der Waals surface area contributed by atoms with E-state index < -0.39 is 0 Å². The van der Waals surface area contributed by atoms with Gasteiger partial charge in [-0.3, -0.25) is 0 Å². The van der Waals surface area contributed by atoms with Crippen LogP contribution in [0, 0.1) is 0 Å². The van der Waals surface area contributed by atoms with Crippen LogP contribution >= 0.6 is 55.7 Å². The van der Waals surface area contributed by atoms with Crippen molar-refractivity contribution in [3.05, 3.63) is 55.9 Å². The first kappa shape index (κ1) is 14.8. The molecule has 0 unspecified atom stereocenters. The van der Waals surface area contributed by atoms with Gasteiger partial charge in [-0.15, -0.1) is 0 Å². The van der Waals surface area contributed by atoms with Gasteiger partial charge in [0.2, 0.25) is 0 Å². The summed E-state index contributed by atoms with van der Waals surface area (Å²) >= 11 is 18.0. The average Bonchev–Trinajstić information content (AvgIpc) is 2.36. The summed E-state index contributed by atoms with van der Waals surface area (Å²) in [5, 5.41) is 3.82. The van der Waals surface area contributed by atoms with E-state index in [1.807, 2.05) is 30.3 Å². The molecule has 0 radical (unpaired) electrons. The maximum Gasteiger partial charge on any atom is 0.104 e. The van der Waals surface area contributed by atoms with Gasteiger partial charge in [0.1, 0.15) is 4.99 Å². The van der Waals surface area contributed by atoms with Crippen molar-refractivity contribution in [3.63, 3.8) is 0 Å². The van der Waals surface area contributed by atoms with Gasteiger partial charge in [0.25, 0.3) is 0 Å². The Labute approximate surface area is 138 Å². The van der Waals surface area contributed by atoms with Gasteiger partial charge in [-0.05, 0) is 52.3 Å². The lowest BCUT2D eigenvalue weighted by atomic mass is 10.2. The molecule has 2 rings (SSSR count). The molecule has 0 amide bonds. The molecule has 0 heterocycles. The molecule has 0 saturated carbocycles. The molecule has 0 aromatic heterocycles. The maximum atomic E-state index is 6.21. The Morgan fingerprint density at radius 2 is 1.84 bits per heavy atom. The van der Waals surface area contributed by atoms with Crippen LogP contribution in [0.2, 0.25) is 5.02 Å². The summed E-state index contributed by atoms with van der Waals surface area (Å²) < 4.78 is 1.93. The maximum absolute atomic E-state index is 6.21. The van der Waals surface area contributed by atoms with E-state index in [1.165, 1.54) is 0 Å². The van der Waals surface area contributed by atoms with E-state index in [4.69, 9.17) is 29.6 Å². The van der Waals surface area contributed by atoms with Gasteiger partial charge in [0.05, 0.1) is 16.4 Å². The van der Waals surface area contributed by atoms with E-state index in [9.17, 15) is 0 Å². The van der Waals surface area contributed by atoms with Gasteiger partial charge in [-0.2, -0.15) is 0 Å². The van der Waals surface area contributed by atoms with Gasteiger partial charge in [-0.1, -0.05) is 39.7 Å². The minimum absolute atomic E-state index is 0.331. The fourth-order valence-electron chi connectivity index (χ4n) is 1.51. The van der Waals surface area contributed by atoms with Gasteiger partial charge < -0.3 is 11.1 Å². The first-order valence-electron chi connectivity index (χ1n) is 5.29. The van der Waals surface area contributed by atoms with Crippen LogP contribution in [0.1, 0.15) is 5.56 Å². The van der Waals surface area contributed by atoms with Gasteiger partial charge >= 0.3 is 0 Å². The predicted octanol–water partition coefficient (Wildman–Crippen LogP) is 5.24. The molecule has 2 nitrogen and oxygen atoms in total. The Bertz CT molecular complexity index is 647. The second-order valence-corrected chi connectivity index (χ2v) is 6.43. The van der Waals surface area contributed by atoms with E-state index in [1.54, 1.807) is 6.07 Å². The number of rotatable bonds is 3. The van der Waals surface area contributed by atoms with Crippen molar-refractivity contribution in [2.24, 2.45) is 5.73 Å². The van der Waals surface area contributed by atoms with Crippen molar-refractivity contribution in [2.75, 3.05) is 5.32 Å². The van der Waals surface area contributed by atoms with E-state index in [-0.39, 0.29) is 0 Å². The number of thiocarbonyl (C=S) groups is 1. The Kier molecular flexibility index (Phi) is 4.84. The van der Waals surface area contributed by atoms with Crippen LogP contribution in [0.15, 0.2) is 45.3 Å². The molecule has 0 bridgehead atoms.